The number of ether oxygens (including phenoxy) is 1. The Bertz CT molecular complexity index is 908. The Labute approximate surface area is 165 Å². The third kappa shape index (κ3) is 4.21. The summed E-state index contributed by atoms with van der Waals surface area (Å²) in [6.07, 6.45) is 5.40. The monoisotopic (exact) mass is 378 g/mol. The Morgan fingerprint density at radius 3 is 2.61 bits per heavy atom. The molecule has 146 valence electrons. The molecule has 1 aliphatic heterocycles. The minimum absolute atomic E-state index is 0.700. The molecule has 28 heavy (non-hydrogen) atoms. The third-order valence-corrected chi connectivity index (χ3v) is 4.92. The Hall–Kier alpha value is -2.77. The molecule has 1 aromatic carbocycles. The van der Waals surface area contributed by atoms with E-state index in [1.165, 1.54) is 5.69 Å². The maximum Gasteiger partial charge on any atom is 0.154 e. The SMILES string of the molecule is NCCCCNc1nc(-c2ccc(N3CCOCC3)cc2)cc2nccnc12. The highest BCUT2D eigenvalue weighted by atomic mass is 16.5. The largest absolute Gasteiger partial charge is 0.378 e. The minimum atomic E-state index is 0.700. The zero-order valence-electron chi connectivity index (χ0n) is 16.0. The Balaban J connectivity index is 1.60. The summed E-state index contributed by atoms with van der Waals surface area (Å²) in [6.45, 7) is 4.94. The fourth-order valence-electron chi connectivity index (χ4n) is 3.38. The lowest BCUT2D eigenvalue weighted by molar-refractivity contribution is 0.122. The van der Waals surface area contributed by atoms with E-state index in [0.29, 0.717) is 6.54 Å². The van der Waals surface area contributed by atoms with Crippen molar-refractivity contribution in [3.8, 4) is 11.3 Å². The second kappa shape index (κ2) is 8.95. The van der Waals surface area contributed by atoms with Gasteiger partial charge in [0.05, 0.1) is 24.4 Å². The number of aromatic nitrogens is 3. The standard InChI is InChI=1S/C21H26N6O/c22-7-1-2-8-25-21-20-19(23-9-10-24-20)15-18(26-21)16-3-5-17(6-4-16)27-11-13-28-14-12-27/h3-6,9-10,15H,1-2,7-8,11-14,22H2,(H,25,26). The van der Waals surface area contributed by atoms with Gasteiger partial charge in [-0.3, -0.25) is 4.98 Å². The van der Waals surface area contributed by atoms with Gasteiger partial charge in [-0.1, -0.05) is 12.1 Å². The third-order valence-electron chi connectivity index (χ3n) is 4.92. The van der Waals surface area contributed by atoms with Crippen molar-refractivity contribution in [1.82, 2.24) is 15.0 Å². The van der Waals surface area contributed by atoms with Crippen molar-refractivity contribution in [2.45, 2.75) is 12.8 Å². The summed E-state index contributed by atoms with van der Waals surface area (Å²) in [5.41, 5.74) is 10.4. The summed E-state index contributed by atoms with van der Waals surface area (Å²) in [4.78, 5) is 16.1. The fourth-order valence-corrected chi connectivity index (χ4v) is 3.38. The predicted octanol–water partition coefficient (Wildman–Crippen LogP) is 2.68. The first-order valence-corrected chi connectivity index (χ1v) is 9.84. The molecule has 0 amide bonds. The number of morpholine rings is 1. The Morgan fingerprint density at radius 2 is 1.82 bits per heavy atom. The first-order valence-electron chi connectivity index (χ1n) is 9.84. The molecule has 0 radical (unpaired) electrons. The van der Waals surface area contributed by atoms with Crippen molar-refractivity contribution in [2.75, 3.05) is 49.6 Å². The molecule has 0 atom stereocenters. The van der Waals surface area contributed by atoms with E-state index in [-0.39, 0.29) is 0 Å². The van der Waals surface area contributed by atoms with Crippen LogP contribution in [0, 0.1) is 0 Å². The molecular formula is C21H26N6O. The van der Waals surface area contributed by atoms with Gasteiger partial charge in [0.2, 0.25) is 0 Å². The van der Waals surface area contributed by atoms with Crippen molar-refractivity contribution in [3.05, 3.63) is 42.7 Å². The molecule has 1 saturated heterocycles. The summed E-state index contributed by atoms with van der Waals surface area (Å²) >= 11 is 0. The number of unbranched alkanes of at least 4 members (excludes halogenated alkanes) is 1. The Kier molecular flexibility index (Phi) is 5.94. The molecule has 2 aromatic heterocycles. The number of anilines is 2. The first-order chi connectivity index (χ1) is 13.8. The van der Waals surface area contributed by atoms with Crippen LogP contribution >= 0.6 is 0 Å². The van der Waals surface area contributed by atoms with E-state index >= 15 is 0 Å². The number of fused-ring (bicyclic) bond motifs is 1. The van der Waals surface area contributed by atoms with E-state index in [1.807, 2.05) is 6.07 Å². The molecule has 0 saturated carbocycles. The highest BCUT2D eigenvalue weighted by Crippen LogP contribution is 2.27. The summed E-state index contributed by atoms with van der Waals surface area (Å²) < 4.78 is 5.44. The van der Waals surface area contributed by atoms with Crippen LogP contribution < -0.4 is 16.0 Å². The molecule has 1 aliphatic rings. The Morgan fingerprint density at radius 1 is 1.04 bits per heavy atom. The molecule has 3 aromatic rings. The number of hydrogen-bond donors (Lipinski definition) is 2. The van der Waals surface area contributed by atoms with Crippen LogP contribution in [0.2, 0.25) is 0 Å². The fraction of sp³-hybridized carbons (Fsp3) is 0.381. The zero-order valence-corrected chi connectivity index (χ0v) is 16.0. The van der Waals surface area contributed by atoms with Gasteiger partial charge in [0, 0.05) is 43.3 Å². The molecule has 7 nitrogen and oxygen atoms in total. The van der Waals surface area contributed by atoms with E-state index in [9.17, 15) is 0 Å². The van der Waals surface area contributed by atoms with Gasteiger partial charge in [-0.25, -0.2) is 9.97 Å². The van der Waals surface area contributed by atoms with Crippen LogP contribution in [0.3, 0.4) is 0 Å². The van der Waals surface area contributed by atoms with Crippen LogP contribution in [-0.2, 0) is 4.74 Å². The second-order valence-corrected chi connectivity index (χ2v) is 6.85. The molecule has 3 N–H and O–H groups in total. The molecule has 0 unspecified atom stereocenters. The van der Waals surface area contributed by atoms with Crippen molar-refractivity contribution in [3.63, 3.8) is 0 Å². The summed E-state index contributed by atoms with van der Waals surface area (Å²) in [5.74, 6) is 0.773. The molecule has 1 fully saturated rings. The van der Waals surface area contributed by atoms with Crippen LogP contribution in [0.5, 0.6) is 0 Å². The molecular weight excluding hydrogens is 352 g/mol. The van der Waals surface area contributed by atoms with Crippen molar-refractivity contribution in [1.29, 1.82) is 0 Å². The molecule has 3 heterocycles. The highest BCUT2D eigenvalue weighted by molar-refractivity contribution is 5.88. The van der Waals surface area contributed by atoms with E-state index in [1.54, 1.807) is 12.4 Å². The van der Waals surface area contributed by atoms with Crippen LogP contribution in [-0.4, -0.2) is 54.3 Å². The molecule has 0 aliphatic carbocycles. The molecule has 7 heteroatoms. The summed E-state index contributed by atoms with van der Waals surface area (Å²) in [5, 5.41) is 3.40. The van der Waals surface area contributed by atoms with Crippen molar-refractivity contribution < 1.29 is 4.74 Å². The number of nitrogens with two attached hydrogens (primary N) is 1. The lowest BCUT2D eigenvalue weighted by Gasteiger charge is -2.28. The second-order valence-electron chi connectivity index (χ2n) is 6.85. The molecule has 4 rings (SSSR count). The number of rotatable bonds is 7. The van der Waals surface area contributed by atoms with Gasteiger partial charge >= 0.3 is 0 Å². The van der Waals surface area contributed by atoms with Gasteiger partial charge in [0.25, 0.3) is 0 Å². The van der Waals surface area contributed by atoms with Gasteiger partial charge in [-0.05, 0) is 37.6 Å². The molecule has 0 spiro atoms. The average Bonchev–Trinajstić information content (AvgIpc) is 2.77. The number of nitrogens with one attached hydrogen (secondary N) is 1. The average molecular weight is 378 g/mol. The smallest absolute Gasteiger partial charge is 0.154 e. The maximum atomic E-state index is 5.59. The van der Waals surface area contributed by atoms with E-state index < -0.39 is 0 Å². The number of pyridine rings is 1. The normalized spacial score (nSPS) is 14.4. The first kappa shape index (κ1) is 18.6. The summed E-state index contributed by atoms with van der Waals surface area (Å²) in [7, 11) is 0. The van der Waals surface area contributed by atoms with Gasteiger partial charge in [-0.15, -0.1) is 0 Å². The number of benzene rings is 1. The quantitative estimate of drug-likeness (QED) is 0.611. The van der Waals surface area contributed by atoms with Crippen LogP contribution in [0.25, 0.3) is 22.3 Å². The van der Waals surface area contributed by atoms with Gasteiger partial charge in [-0.2, -0.15) is 0 Å². The lowest BCUT2D eigenvalue weighted by atomic mass is 10.1. The van der Waals surface area contributed by atoms with Crippen LogP contribution in [0.15, 0.2) is 42.7 Å². The van der Waals surface area contributed by atoms with Crippen LogP contribution in [0.1, 0.15) is 12.8 Å². The zero-order chi connectivity index (χ0) is 19.2. The van der Waals surface area contributed by atoms with Gasteiger partial charge < -0.3 is 20.7 Å². The predicted molar refractivity (Wildman–Crippen MR) is 113 cm³/mol. The van der Waals surface area contributed by atoms with Crippen molar-refractivity contribution in [2.24, 2.45) is 5.73 Å². The van der Waals surface area contributed by atoms with Crippen LogP contribution in [0.4, 0.5) is 11.5 Å². The highest BCUT2D eigenvalue weighted by Gasteiger charge is 2.13. The number of nitrogens with zero attached hydrogens (tertiary/aromatic N) is 4. The minimum Gasteiger partial charge on any atom is -0.378 e. The van der Waals surface area contributed by atoms with Crippen molar-refractivity contribution >= 4 is 22.5 Å². The van der Waals surface area contributed by atoms with Gasteiger partial charge in [0.1, 0.15) is 5.52 Å². The van der Waals surface area contributed by atoms with E-state index in [2.05, 4.69) is 44.5 Å². The van der Waals surface area contributed by atoms with E-state index in [0.717, 1.165) is 73.8 Å². The number of hydrogen-bond acceptors (Lipinski definition) is 7. The van der Waals surface area contributed by atoms with Gasteiger partial charge in [0.15, 0.2) is 5.82 Å². The topological polar surface area (TPSA) is 89.2 Å². The summed E-state index contributed by atoms with van der Waals surface area (Å²) in [6, 6.07) is 10.5. The molecule has 0 bridgehead atoms. The lowest BCUT2D eigenvalue weighted by Crippen LogP contribution is -2.36. The maximum absolute atomic E-state index is 5.59. The van der Waals surface area contributed by atoms with E-state index in [4.69, 9.17) is 15.5 Å².